The molecule has 0 aliphatic heterocycles. The third-order valence-electron chi connectivity index (χ3n) is 3.71. The van der Waals surface area contributed by atoms with Crippen LogP contribution in [0.3, 0.4) is 0 Å². The standard InChI is InChI=1S/C14H17BrN2O3/c15-11-9-10(5-8-16-11)12(18)17-14(13(19)20)6-3-1-2-4-7-14/h5,8-9H,1-4,6-7H2,(H,17,18)(H,19,20). The molecule has 0 radical (unpaired) electrons. The van der Waals surface area contributed by atoms with Gasteiger partial charge in [-0.25, -0.2) is 9.78 Å². The van der Waals surface area contributed by atoms with Gasteiger partial charge >= 0.3 is 5.97 Å². The summed E-state index contributed by atoms with van der Waals surface area (Å²) in [6, 6.07) is 3.16. The van der Waals surface area contributed by atoms with Crippen molar-refractivity contribution < 1.29 is 14.7 Å². The highest BCUT2D eigenvalue weighted by molar-refractivity contribution is 9.10. The zero-order valence-corrected chi connectivity index (χ0v) is 12.6. The second-order valence-electron chi connectivity index (χ2n) is 5.12. The number of carboxylic acid groups (broad SMARTS) is 1. The molecule has 2 N–H and O–H groups in total. The van der Waals surface area contributed by atoms with E-state index in [-0.39, 0.29) is 5.91 Å². The molecule has 20 heavy (non-hydrogen) atoms. The number of halogens is 1. The molecule has 1 aromatic rings. The van der Waals surface area contributed by atoms with Gasteiger partial charge in [0.1, 0.15) is 10.1 Å². The number of amides is 1. The van der Waals surface area contributed by atoms with Gasteiger partial charge in [0, 0.05) is 11.8 Å². The quantitative estimate of drug-likeness (QED) is 0.654. The van der Waals surface area contributed by atoms with Crippen LogP contribution in [0.4, 0.5) is 0 Å². The Morgan fingerprint density at radius 3 is 2.45 bits per heavy atom. The van der Waals surface area contributed by atoms with Crippen molar-refractivity contribution >= 4 is 27.8 Å². The van der Waals surface area contributed by atoms with Crippen LogP contribution in [-0.2, 0) is 4.79 Å². The Morgan fingerprint density at radius 1 is 1.25 bits per heavy atom. The van der Waals surface area contributed by atoms with E-state index >= 15 is 0 Å². The van der Waals surface area contributed by atoms with Crippen molar-refractivity contribution in [2.75, 3.05) is 0 Å². The summed E-state index contributed by atoms with van der Waals surface area (Å²) in [6.07, 6.45) is 6.18. The lowest BCUT2D eigenvalue weighted by Crippen LogP contribution is -2.54. The number of carbonyl (C=O) groups excluding carboxylic acids is 1. The van der Waals surface area contributed by atoms with Crippen molar-refractivity contribution in [3.63, 3.8) is 0 Å². The summed E-state index contributed by atoms with van der Waals surface area (Å²) in [6.45, 7) is 0. The molecule has 1 aromatic heterocycles. The summed E-state index contributed by atoms with van der Waals surface area (Å²) in [5, 5.41) is 12.3. The smallest absolute Gasteiger partial charge is 0.329 e. The Morgan fingerprint density at radius 2 is 1.90 bits per heavy atom. The lowest BCUT2D eigenvalue weighted by Gasteiger charge is -2.29. The van der Waals surface area contributed by atoms with Gasteiger partial charge < -0.3 is 10.4 Å². The van der Waals surface area contributed by atoms with Gasteiger partial charge in [-0.15, -0.1) is 0 Å². The fourth-order valence-corrected chi connectivity index (χ4v) is 2.92. The zero-order chi connectivity index (χ0) is 14.6. The van der Waals surface area contributed by atoms with Crippen molar-refractivity contribution in [1.82, 2.24) is 10.3 Å². The number of carboxylic acids is 1. The Bertz CT molecular complexity index is 511. The molecule has 1 aliphatic carbocycles. The van der Waals surface area contributed by atoms with E-state index in [4.69, 9.17) is 0 Å². The normalized spacial score (nSPS) is 18.1. The van der Waals surface area contributed by atoms with Gasteiger partial charge in [-0.1, -0.05) is 25.7 Å². The van der Waals surface area contributed by atoms with Gasteiger partial charge in [0.25, 0.3) is 5.91 Å². The van der Waals surface area contributed by atoms with E-state index in [0.29, 0.717) is 23.0 Å². The van der Waals surface area contributed by atoms with E-state index in [0.717, 1.165) is 25.7 Å². The van der Waals surface area contributed by atoms with Crippen LogP contribution in [0.25, 0.3) is 0 Å². The molecule has 0 bridgehead atoms. The first kappa shape index (κ1) is 15.0. The number of hydrogen-bond acceptors (Lipinski definition) is 3. The van der Waals surface area contributed by atoms with Crippen molar-refractivity contribution in [3.8, 4) is 0 Å². The van der Waals surface area contributed by atoms with Crippen LogP contribution in [0.1, 0.15) is 48.9 Å². The molecule has 108 valence electrons. The summed E-state index contributed by atoms with van der Waals surface area (Å²) >= 11 is 3.20. The molecule has 1 fully saturated rings. The highest BCUT2D eigenvalue weighted by Gasteiger charge is 2.40. The monoisotopic (exact) mass is 340 g/mol. The molecule has 1 saturated carbocycles. The number of aliphatic carboxylic acids is 1. The Kier molecular flexibility index (Phi) is 4.75. The van der Waals surface area contributed by atoms with Crippen molar-refractivity contribution in [2.24, 2.45) is 0 Å². The molecule has 6 heteroatoms. The van der Waals surface area contributed by atoms with Crippen LogP contribution in [-0.4, -0.2) is 27.5 Å². The SMILES string of the molecule is O=C(NC1(C(=O)O)CCCCCC1)c1ccnc(Br)c1. The molecule has 5 nitrogen and oxygen atoms in total. The molecule has 0 unspecified atom stereocenters. The molecule has 0 aromatic carbocycles. The highest BCUT2D eigenvalue weighted by Crippen LogP contribution is 2.28. The van der Waals surface area contributed by atoms with Gasteiger partial charge in [0.05, 0.1) is 0 Å². The molecule has 1 aliphatic rings. The largest absolute Gasteiger partial charge is 0.480 e. The third-order valence-corrected chi connectivity index (χ3v) is 4.14. The lowest BCUT2D eigenvalue weighted by atomic mass is 9.90. The lowest BCUT2D eigenvalue weighted by molar-refractivity contribution is -0.145. The third kappa shape index (κ3) is 3.36. The molecular weight excluding hydrogens is 324 g/mol. The average Bonchev–Trinajstić information content (AvgIpc) is 2.65. The first-order valence-corrected chi connectivity index (χ1v) is 7.50. The minimum atomic E-state index is -1.14. The Hall–Kier alpha value is -1.43. The summed E-state index contributed by atoms with van der Waals surface area (Å²) in [7, 11) is 0. The van der Waals surface area contributed by atoms with Crippen LogP contribution in [0.2, 0.25) is 0 Å². The minimum absolute atomic E-state index is 0.364. The molecule has 0 spiro atoms. The number of rotatable bonds is 3. The maximum Gasteiger partial charge on any atom is 0.329 e. The first-order chi connectivity index (χ1) is 9.53. The Balaban J connectivity index is 2.19. The molecule has 1 heterocycles. The summed E-state index contributed by atoms with van der Waals surface area (Å²) < 4.78 is 0.551. The number of nitrogens with zero attached hydrogens (tertiary/aromatic N) is 1. The van der Waals surface area contributed by atoms with E-state index < -0.39 is 11.5 Å². The summed E-state index contributed by atoms with van der Waals surface area (Å²) in [4.78, 5) is 27.8. The first-order valence-electron chi connectivity index (χ1n) is 6.71. The van der Waals surface area contributed by atoms with E-state index in [2.05, 4.69) is 26.2 Å². The zero-order valence-electron chi connectivity index (χ0n) is 11.1. The maximum absolute atomic E-state index is 12.3. The van der Waals surface area contributed by atoms with Crippen LogP contribution >= 0.6 is 15.9 Å². The van der Waals surface area contributed by atoms with Crippen molar-refractivity contribution in [3.05, 3.63) is 28.5 Å². The van der Waals surface area contributed by atoms with Crippen LogP contribution in [0.5, 0.6) is 0 Å². The molecule has 0 saturated heterocycles. The highest BCUT2D eigenvalue weighted by atomic mass is 79.9. The van der Waals surface area contributed by atoms with Gasteiger partial charge in [-0.2, -0.15) is 0 Å². The number of carbonyl (C=O) groups is 2. The fraction of sp³-hybridized carbons (Fsp3) is 0.500. The van der Waals surface area contributed by atoms with Crippen LogP contribution in [0, 0.1) is 0 Å². The predicted octanol–water partition coefficient (Wildman–Crippen LogP) is 2.75. The fourth-order valence-electron chi connectivity index (χ4n) is 2.56. The minimum Gasteiger partial charge on any atom is -0.480 e. The van der Waals surface area contributed by atoms with Crippen LogP contribution < -0.4 is 5.32 Å². The topological polar surface area (TPSA) is 79.3 Å². The molecule has 2 rings (SSSR count). The maximum atomic E-state index is 12.3. The van der Waals surface area contributed by atoms with Gasteiger partial charge in [0.15, 0.2) is 0 Å². The van der Waals surface area contributed by atoms with Crippen molar-refractivity contribution in [2.45, 2.75) is 44.1 Å². The van der Waals surface area contributed by atoms with Gasteiger partial charge in [-0.05, 0) is 40.9 Å². The van der Waals surface area contributed by atoms with E-state index in [9.17, 15) is 14.7 Å². The summed E-state index contributed by atoms with van der Waals surface area (Å²) in [5.41, 5.74) is -0.722. The molecule has 1 amide bonds. The van der Waals surface area contributed by atoms with Crippen LogP contribution in [0.15, 0.2) is 22.9 Å². The molecular formula is C14H17BrN2O3. The van der Waals surface area contributed by atoms with Gasteiger partial charge in [-0.3, -0.25) is 4.79 Å². The predicted molar refractivity (Wildman–Crippen MR) is 77.5 cm³/mol. The van der Waals surface area contributed by atoms with Crippen molar-refractivity contribution in [1.29, 1.82) is 0 Å². The second-order valence-corrected chi connectivity index (χ2v) is 5.94. The van der Waals surface area contributed by atoms with E-state index in [1.165, 1.54) is 6.20 Å². The number of nitrogens with one attached hydrogen (secondary N) is 1. The number of aromatic nitrogens is 1. The average molecular weight is 341 g/mol. The van der Waals surface area contributed by atoms with Gasteiger partial charge in [0.2, 0.25) is 0 Å². The number of hydrogen-bond donors (Lipinski definition) is 2. The summed E-state index contributed by atoms with van der Waals surface area (Å²) in [5.74, 6) is -1.31. The van der Waals surface area contributed by atoms with E-state index in [1.54, 1.807) is 12.1 Å². The second kappa shape index (κ2) is 6.35. The Labute approximate surface area is 125 Å². The molecule has 0 atom stereocenters. The van der Waals surface area contributed by atoms with E-state index in [1.807, 2.05) is 0 Å². The number of pyridine rings is 1.